The van der Waals surface area contributed by atoms with Gasteiger partial charge >= 0.3 is 0 Å². The summed E-state index contributed by atoms with van der Waals surface area (Å²) in [7, 11) is 0. The molecule has 4 aromatic rings. The molecule has 0 spiro atoms. The lowest BCUT2D eigenvalue weighted by molar-refractivity contribution is 0.544. The third-order valence-electron chi connectivity index (χ3n) is 4.52. The zero-order valence-corrected chi connectivity index (χ0v) is 14.4. The zero-order chi connectivity index (χ0) is 17.4. The molecule has 0 aliphatic rings. The van der Waals surface area contributed by atoms with Crippen molar-refractivity contribution in [3.05, 3.63) is 65.8 Å². The lowest BCUT2D eigenvalue weighted by Crippen LogP contribution is -1.86. The molecule has 5 nitrogen and oxygen atoms in total. The minimum Gasteiger partial charge on any atom is -0.461 e. The molecule has 0 bridgehead atoms. The maximum absolute atomic E-state index is 5.87. The fourth-order valence-electron chi connectivity index (χ4n) is 2.82. The van der Waals surface area contributed by atoms with E-state index in [-0.39, 0.29) is 0 Å². The molecule has 0 saturated heterocycles. The molecule has 5 heteroatoms. The molecule has 0 unspecified atom stereocenters. The van der Waals surface area contributed by atoms with E-state index >= 15 is 0 Å². The van der Waals surface area contributed by atoms with Crippen molar-refractivity contribution >= 4 is 0 Å². The fraction of sp³-hybridized carbons (Fsp3) is 0.150. The van der Waals surface area contributed by atoms with Gasteiger partial charge in [-0.05, 0) is 62.2 Å². The number of nitrogens with zero attached hydrogens (tertiary/aromatic N) is 3. The van der Waals surface area contributed by atoms with E-state index in [2.05, 4.69) is 34.0 Å². The van der Waals surface area contributed by atoms with Gasteiger partial charge in [-0.25, -0.2) is 0 Å². The standard InChI is InChI=1S/C20H18N4O/c1-12-13(2)20(25-14(12)3)16-6-7-17(22-11-16)19-9-18(23-24-19)15-5-4-8-21-10-15/h4-11H,1-3H3,(H,23,24). The molecule has 0 aromatic carbocycles. The zero-order valence-electron chi connectivity index (χ0n) is 14.4. The van der Waals surface area contributed by atoms with Gasteiger partial charge in [0.05, 0.1) is 17.1 Å². The van der Waals surface area contributed by atoms with Crippen molar-refractivity contribution in [2.75, 3.05) is 0 Å². The van der Waals surface area contributed by atoms with Crippen molar-refractivity contribution in [1.29, 1.82) is 0 Å². The summed E-state index contributed by atoms with van der Waals surface area (Å²) in [4.78, 5) is 8.69. The van der Waals surface area contributed by atoms with Crippen molar-refractivity contribution < 1.29 is 4.42 Å². The van der Waals surface area contributed by atoms with Gasteiger partial charge in [-0.3, -0.25) is 15.1 Å². The average molecular weight is 330 g/mol. The van der Waals surface area contributed by atoms with Crippen molar-refractivity contribution in [1.82, 2.24) is 20.2 Å². The lowest BCUT2D eigenvalue weighted by atomic mass is 10.1. The number of aromatic nitrogens is 4. The molecule has 0 amide bonds. The van der Waals surface area contributed by atoms with Crippen LogP contribution in [-0.2, 0) is 0 Å². The van der Waals surface area contributed by atoms with Crippen LogP contribution in [0.5, 0.6) is 0 Å². The Morgan fingerprint density at radius 2 is 1.80 bits per heavy atom. The second-order valence-corrected chi connectivity index (χ2v) is 6.08. The Kier molecular flexibility index (Phi) is 3.69. The van der Waals surface area contributed by atoms with E-state index in [0.29, 0.717) is 0 Å². The van der Waals surface area contributed by atoms with E-state index in [1.165, 1.54) is 5.56 Å². The van der Waals surface area contributed by atoms with Crippen LogP contribution in [0.15, 0.2) is 53.3 Å². The van der Waals surface area contributed by atoms with Crippen LogP contribution >= 0.6 is 0 Å². The number of furan rings is 1. The molecule has 25 heavy (non-hydrogen) atoms. The largest absolute Gasteiger partial charge is 0.461 e. The van der Waals surface area contributed by atoms with E-state index in [4.69, 9.17) is 4.42 Å². The lowest BCUT2D eigenvalue weighted by Gasteiger charge is -2.01. The van der Waals surface area contributed by atoms with Gasteiger partial charge in [0.15, 0.2) is 0 Å². The van der Waals surface area contributed by atoms with Gasteiger partial charge in [-0.15, -0.1) is 0 Å². The van der Waals surface area contributed by atoms with Crippen LogP contribution in [0.3, 0.4) is 0 Å². The summed E-state index contributed by atoms with van der Waals surface area (Å²) in [6, 6.07) is 9.85. The van der Waals surface area contributed by atoms with Crippen LogP contribution < -0.4 is 0 Å². The second kappa shape index (κ2) is 6.02. The van der Waals surface area contributed by atoms with Crippen LogP contribution in [0.2, 0.25) is 0 Å². The Balaban J connectivity index is 1.65. The molecule has 4 rings (SSSR count). The molecular weight excluding hydrogens is 312 g/mol. The van der Waals surface area contributed by atoms with E-state index < -0.39 is 0 Å². The van der Waals surface area contributed by atoms with Crippen molar-refractivity contribution in [3.63, 3.8) is 0 Å². The molecule has 0 fully saturated rings. The first-order valence-electron chi connectivity index (χ1n) is 8.12. The Morgan fingerprint density at radius 3 is 2.44 bits per heavy atom. The average Bonchev–Trinajstić information content (AvgIpc) is 3.24. The highest BCUT2D eigenvalue weighted by Gasteiger charge is 2.13. The maximum atomic E-state index is 5.87. The first-order chi connectivity index (χ1) is 12.1. The number of nitrogens with one attached hydrogen (secondary N) is 1. The highest BCUT2D eigenvalue weighted by Crippen LogP contribution is 2.31. The van der Waals surface area contributed by atoms with Gasteiger partial charge in [0, 0.05) is 29.7 Å². The third-order valence-corrected chi connectivity index (χ3v) is 4.52. The van der Waals surface area contributed by atoms with Gasteiger partial charge in [0.1, 0.15) is 11.5 Å². The number of rotatable bonds is 3. The normalized spacial score (nSPS) is 11.0. The maximum Gasteiger partial charge on any atom is 0.138 e. The number of H-pyrrole nitrogens is 1. The summed E-state index contributed by atoms with van der Waals surface area (Å²) in [6.45, 7) is 6.13. The van der Waals surface area contributed by atoms with Gasteiger partial charge in [0.2, 0.25) is 0 Å². The SMILES string of the molecule is Cc1oc(-c2ccc(-c3cc(-c4cccnc4)n[nH]3)nc2)c(C)c1C. The molecule has 4 aromatic heterocycles. The van der Waals surface area contributed by atoms with Crippen molar-refractivity contribution in [2.45, 2.75) is 20.8 Å². The van der Waals surface area contributed by atoms with Gasteiger partial charge in [0.25, 0.3) is 0 Å². The second-order valence-electron chi connectivity index (χ2n) is 6.08. The smallest absolute Gasteiger partial charge is 0.138 e. The van der Waals surface area contributed by atoms with Gasteiger partial charge < -0.3 is 4.42 Å². The Bertz CT molecular complexity index is 1010. The van der Waals surface area contributed by atoms with E-state index in [1.807, 2.05) is 43.5 Å². The quantitative estimate of drug-likeness (QED) is 0.590. The number of pyridine rings is 2. The molecule has 0 aliphatic carbocycles. The van der Waals surface area contributed by atoms with E-state index in [1.54, 1.807) is 12.4 Å². The Labute approximate surface area is 145 Å². The summed E-state index contributed by atoms with van der Waals surface area (Å²) < 4.78 is 5.87. The number of aryl methyl sites for hydroxylation is 1. The summed E-state index contributed by atoms with van der Waals surface area (Å²) in [6.07, 6.45) is 5.38. The molecular formula is C20H18N4O. The number of aromatic amines is 1. The summed E-state index contributed by atoms with van der Waals surface area (Å²) in [5, 5.41) is 7.39. The molecule has 0 radical (unpaired) electrons. The van der Waals surface area contributed by atoms with Gasteiger partial charge in [-0.1, -0.05) is 0 Å². The molecule has 0 saturated carbocycles. The minimum atomic E-state index is 0.837. The topological polar surface area (TPSA) is 67.6 Å². The fourth-order valence-corrected chi connectivity index (χ4v) is 2.82. The first-order valence-corrected chi connectivity index (χ1v) is 8.12. The minimum absolute atomic E-state index is 0.837. The molecule has 1 N–H and O–H groups in total. The van der Waals surface area contributed by atoms with Crippen molar-refractivity contribution in [3.8, 4) is 34.0 Å². The Morgan fingerprint density at radius 1 is 0.920 bits per heavy atom. The highest BCUT2D eigenvalue weighted by molar-refractivity contribution is 5.68. The van der Waals surface area contributed by atoms with Crippen LogP contribution in [0, 0.1) is 20.8 Å². The summed E-state index contributed by atoms with van der Waals surface area (Å²) >= 11 is 0. The molecule has 0 aliphatic heterocycles. The van der Waals surface area contributed by atoms with Crippen molar-refractivity contribution in [2.24, 2.45) is 0 Å². The molecule has 124 valence electrons. The highest BCUT2D eigenvalue weighted by atomic mass is 16.3. The predicted molar refractivity (Wildman–Crippen MR) is 97.0 cm³/mol. The Hall–Kier alpha value is -3.21. The summed E-state index contributed by atoms with van der Waals surface area (Å²) in [5.74, 6) is 1.83. The van der Waals surface area contributed by atoms with E-state index in [0.717, 1.165) is 45.3 Å². The first kappa shape index (κ1) is 15.3. The predicted octanol–water partition coefficient (Wildman–Crippen LogP) is 4.72. The van der Waals surface area contributed by atoms with Gasteiger partial charge in [-0.2, -0.15) is 5.10 Å². The number of hydrogen-bond acceptors (Lipinski definition) is 4. The van der Waals surface area contributed by atoms with E-state index in [9.17, 15) is 0 Å². The molecule has 0 atom stereocenters. The monoisotopic (exact) mass is 330 g/mol. The molecule has 4 heterocycles. The summed E-state index contributed by atoms with van der Waals surface area (Å²) in [5.41, 5.74) is 6.85. The third kappa shape index (κ3) is 2.74. The number of hydrogen-bond donors (Lipinski definition) is 1. The van der Waals surface area contributed by atoms with Crippen LogP contribution in [0.25, 0.3) is 34.0 Å². The van der Waals surface area contributed by atoms with Crippen LogP contribution in [0.4, 0.5) is 0 Å². The van der Waals surface area contributed by atoms with Crippen LogP contribution in [-0.4, -0.2) is 20.2 Å². The van der Waals surface area contributed by atoms with Crippen LogP contribution in [0.1, 0.15) is 16.9 Å².